The summed E-state index contributed by atoms with van der Waals surface area (Å²) < 4.78 is 16.3. The lowest BCUT2D eigenvalue weighted by Gasteiger charge is -2.35. The quantitative estimate of drug-likeness (QED) is 0.520. The molecule has 2 aromatic carbocycles. The maximum atomic E-state index is 11.5. The molecule has 1 unspecified atom stereocenters. The first-order valence-corrected chi connectivity index (χ1v) is 9.53. The number of nitrogens with zero attached hydrogens (tertiary/aromatic N) is 3. The third-order valence-corrected chi connectivity index (χ3v) is 5.09. The van der Waals surface area contributed by atoms with E-state index in [0.717, 1.165) is 18.7 Å². The Kier molecular flexibility index (Phi) is 7.06. The summed E-state index contributed by atoms with van der Waals surface area (Å²) >= 11 is 0. The van der Waals surface area contributed by atoms with Crippen molar-refractivity contribution in [2.45, 2.75) is 6.04 Å². The summed E-state index contributed by atoms with van der Waals surface area (Å²) in [6.07, 6.45) is 0. The molecule has 1 aliphatic rings. The van der Waals surface area contributed by atoms with Crippen molar-refractivity contribution >= 4 is 11.4 Å². The summed E-state index contributed by atoms with van der Waals surface area (Å²) in [6.45, 7) is 3.18. The fourth-order valence-corrected chi connectivity index (χ4v) is 3.52. The molecule has 2 aromatic rings. The predicted octanol–water partition coefficient (Wildman–Crippen LogP) is 2.97. The smallest absolute Gasteiger partial charge is 0.293 e. The van der Waals surface area contributed by atoms with E-state index in [1.165, 1.54) is 6.07 Å². The predicted molar refractivity (Wildman–Crippen MR) is 111 cm³/mol. The number of hydrogen-bond donors (Lipinski definition) is 1. The van der Waals surface area contributed by atoms with Crippen molar-refractivity contribution in [1.29, 1.82) is 5.26 Å². The van der Waals surface area contributed by atoms with Gasteiger partial charge in [0.25, 0.3) is 5.69 Å². The molecule has 158 valence electrons. The molecule has 9 nitrogen and oxygen atoms in total. The zero-order chi connectivity index (χ0) is 21.5. The van der Waals surface area contributed by atoms with E-state index in [1.807, 2.05) is 24.3 Å². The van der Waals surface area contributed by atoms with E-state index in [2.05, 4.69) is 10.2 Å². The van der Waals surface area contributed by atoms with Crippen molar-refractivity contribution in [3.05, 3.63) is 57.6 Å². The topological polar surface area (TPSA) is 110 Å². The summed E-state index contributed by atoms with van der Waals surface area (Å²) in [5.41, 5.74) is 1.50. The molecule has 0 bridgehead atoms. The number of hydrogen-bond acceptors (Lipinski definition) is 8. The van der Waals surface area contributed by atoms with Crippen LogP contribution in [-0.2, 0) is 4.74 Å². The third-order valence-electron chi connectivity index (χ3n) is 5.09. The van der Waals surface area contributed by atoms with E-state index < -0.39 is 4.92 Å². The van der Waals surface area contributed by atoms with Crippen LogP contribution in [-0.4, -0.2) is 56.9 Å². The maximum Gasteiger partial charge on any atom is 0.293 e. The molecule has 1 saturated heterocycles. The van der Waals surface area contributed by atoms with Crippen molar-refractivity contribution in [2.24, 2.45) is 0 Å². The number of methoxy groups -OCH3 is 2. The molecule has 0 aliphatic carbocycles. The lowest BCUT2D eigenvalue weighted by atomic mass is 10.0. The van der Waals surface area contributed by atoms with Gasteiger partial charge >= 0.3 is 0 Å². The fraction of sp³-hybridized carbons (Fsp3) is 0.381. The van der Waals surface area contributed by atoms with Gasteiger partial charge < -0.3 is 19.5 Å². The van der Waals surface area contributed by atoms with Gasteiger partial charge in [0.05, 0.1) is 50.0 Å². The Morgan fingerprint density at radius 1 is 1.20 bits per heavy atom. The first-order chi connectivity index (χ1) is 14.6. The number of nitro groups is 1. The van der Waals surface area contributed by atoms with E-state index >= 15 is 0 Å². The van der Waals surface area contributed by atoms with Crippen LogP contribution in [0.2, 0.25) is 0 Å². The van der Waals surface area contributed by atoms with Gasteiger partial charge in [-0.3, -0.25) is 15.0 Å². The minimum atomic E-state index is -0.483. The normalized spacial score (nSPS) is 15.1. The summed E-state index contributed by atoms with van der Waals surface area (Å²) in [4.78, 5) is 13.2. The number of nitriles is 1. The van der Waals surface area contributed by atoms with Gasteiger partial charge in [-0.05, 0) is 29.8 Å². The van der Waals surface area contributed by atoms with E-state index in [1.54, 1.807) is 26.4 Å². The van der Waals surface area contributed by atoms with Crippen LogP contribution in [0.1, 0.15) is 17.2 Å². The molecule has 3 rings (SSSR count). The monoisotopic (exact) mass is 412 g/mol. The van der Waals surface area contributed by atoms with Crippen LogP contribution in [0.3, 0.4) is 0 Å². The second-order valence-electron chi connectivity index (χ2n) is 6.76. The maximum absolute atomic E-state index is 11.5. The molecule has 0 radical (unpaired) electrons. The molecule has 1 N–H and O–H groups in total. The van der Waals surface area contributed by atoms with E-state index in [9.17, 15) is 10.1 Å². The van der Waals surface area contributed by atoms with Crippen molar-refractivity contribution < 1.29 is 19.1 Å². The van der Waals surface area contributed by atoms with Crippen LogP contribution in [0.25, 0.3) is 0 Å². The number of benzene rings is 2. The molecular weight excluding hydrogens is 388 g/mol. The molecular formula is C21H24N4O5. The molecule has 0 spiro atoms. The minimum Gasteiger partial charge on any atom is -0.493 e. The van der Waals surface area contributed by atoms with Gasteiger partial charge in [0.1, 0.15) is 5.69 Å². The van der Waals surface area contributed by atoms with Gasteiger partial charge in [-0.25, -0.2) is 0 Å². The molecule has 1 fully saturated rings. The largest absolute Gasteiger partial charge is 0.493 e. The highest BCUT2D eigenvalue weighted by Gasteiger charge is 2.25. The zero-order valence-electron chi connectivity index (χ0n) is 17.0. The highest BCUT2D eigenvalue weighted by atomic mass is 16.6. The van der Waals surface area contributed by atoms with Crippen molar-refractivity contribution in [3.8, 4) is 17.6 Å². The Bertz CT molecular complexity index is 937. The molecule has 9 heteroatoms. The minimum absolute atomic E-state index is 0.0658. The second kappa shape index (κ2) is 9.91. The molecule has 1 heterocycles. The first kappa shape index (κ1) is 21.4. The summed E-state index contributed by atoms with van der Waals surface area (Å²) in [6, 6.07) is 12.0. The Morgan fingerprint density at radius 3 is 2.57 bits per heavy atom. The number of nitro benzene ring substituents is 1. The van der Waals surface area contributed by atoms with Crippen LogP contribution in [0, 0.1) is 21.4 Å². The Morgan fingerprint density at radius 2 is 1.93 bits per heavy atom. The Hall–Kier alpha value is -3.35. The van der Waals surface area contributed by atoms with E-state index in [-0.39, 0.29) is 17.3 Å². The van der Waals surface area contributed by atoms with Crippen LogP contribution in [0.4, 0.5) is 11.4 Å². The van der Waals surface area contributed by atoms with Crippen molar-refractivity contribution in [2.75, 3.05) is 52.4 Å². The van der Waals surface area contributed by atoms with Crippen LogP contribution < -0.4 is 14.8 Å². The van der Waals surface area contributed by atoms with Crippen molar-refractivity contribution in [3.63, 3.8) is 0 Å². The highest BCUT2D eigenvalue weighted by Crippen LogP contribution is 2.33. The number of morpholine rings is 1. The number of ether oxygens (including phenoxy) is 3. The van der Waals surface area contributed by atoms with Crippen LogP contribution in [0.5, 0.6) is 11.5 Å². The number of rotatable bonds is 8. The molecule has 0 aromatic heterocycles. The van der Waals surface area contributed by atoms with Gasteiger partial charge in [0.15, 0.2) is 11.5 Å². The van der Waals surface area contributed by atoms with Crippen LogP contribution >= 0.6 is 0 Å². The second-order valence-corrected chi connectivity index (χ2v) is 6.76. The Labute approximate surface area is 174 Å². The van der Waals surface area contributed by atoms with Gasteiger partial charge in [0.2, 0.25) is 0 Å². The van der Waals surface area contributed by atoms with Crippen molar-refractivity contribution in [1.82, 2.24) is 4.90 Å². The molecule has 1 aliphatic heterocycles. The van der Waals surface area contributed by atoms with E-state index in [4.69, 9.17) is 19.5 Å². The summed E-state index contributed by atoms with van der Waals surface area (Å²) in [7, 11) is 3.17. The molecule has 30 heavy (non-hydrogen) atoms. The third kappa shape index (κ3) is 4.79. The number of anilines is 1. The van der Waals surface area contributed by atoms with Gasteiger partial charge in [-0.15, -0.1) is 0 Å². The lowest BCUT2D eigenvalue weighted by Crippen LogP contribution is -2.41. The van der Waals surface area contributed by atoms with Crippen LogP contribution in [0.15, 0.2) is 36.4 Å². The summed E-state index contributed by atoms with van der Waals surface area (Å²) in [5.74, 6) is 1.26. The van der Waals surface area contributed by atoms with Gasteiger partial charge in [0, 0.05) is 25.7 Å². The first-order valence-electron chi connectivity index (χ1n) is 9.53. The lowest BCUT2D eigenvalue weighted by molar-refractivity contribution is -0.384. The van der Waals surface area contributed by atoms with Gasteiger partial charge in [-0.2, -0.15) is 5.26 Å². The molecule has 0 amide bonds. The summed E-state index contributed by atoms with van der Waals surface area (Å²) in [5, 5.41) is 23.7. The SMILES string of the molecule is COc1ccc(C(CNc2ccc(C#N)cc2[N+](=O)[O-])N2CCOCC2)cc1OC. The average Bonchev–Trinajstić information content (AvgIpc) is 2.79. The molecule has 1 atom stereocenters. The van der Waals surface area contributed by atoms with E-state index in [0.29, 0.717) is 36.9 Å². The van der Waals surface area contributed by atoms with Gasteiger partial charge in [-0.1, -0.05) is 6.07 Å². The molecule has 0 saturated carbocycles. The fourth-order valence-electron chi connectivity index (χ4n) is 3.52. The highest BCUT2D eigenvalue weighted by molar-refractivity contribution is 5.64. The standard InChI is InChI=1S/C21H24N4O5/c1-28-20-6-4-16(12-21(20)29-2)19(24-7-9-30-10-8-24)14-23-17-5-3-15(13-22)11-18(17)25(26)27/h3-6,11-12,19,23H,7-10,14H2,1-2H3. The number of nitrogens with one attached hydrogen (secondary N) is 1. The average molecular weight is 412 g/mol. The zero-order valence-corrected chi connectivity index (χ0v) is 17.0. The Balaban J connectivity index is 1.89.